The minimum absolute atomic E-state index is 0.217. The van der Waals surface area contributed by atoms with E-state index in [1.165, 1.54) is 18.3 Å². The monoisotopic (exact) mass is 285 g/mol. The van der Waals surface area contributed by atoms with Gasteiger partial charge < -0.3 is 0 Å². The molecule has 0 fully saturated rings. The molecule has 7 nitrogen and oxygen atoms in total. The fourth-order valence-electron chi connectivity index (χ4n) is 1.76. The molecule has 0 radical (unpaired) electrons. The first kappa shape index (κ1) is 14.3. The average Bonchev–Trinajstić information content (AvgIpc) is 2.46. The number of benzene rings is 2. The van der Waals surface area contributed by atoms with Crippen LogP contribution in [0.1, 0.15) is 11.1 Å². The molecular formula is C14H11N3O4. The van der Waals surface area contributed by atoms with Gasteiger partial charge in [-0.25, -0.2) is 0 Å². The second-order valence-corrected chi connectivity index (χ2v) is 4.30. The van der Waals surface area contributed by atoms with E-state index in [4.69, 9.17) is 0 Å². The highest BCUT2D eigenvalue weighted by molar-refractivity contribution is 5.88. The maximum Gasteiger partial charge on any atom is 0.285 e. The molecule has 0 aliphatic heterocycles. The number of hydrogen-bond donors (Lipinski definition) is 0. The van der Waals surface area contributed by atoms with Gasteiger partial charge in [-0.2, -0.15) is 0 Å². The van der Waals surface area contributed by atoms with Gasteiger partial charge in [0.15, 0.2) is 0 Å². The van der Waals surface area contributed by atoms with E-state index in [9.17, 15) is 20.2 Å². The zero-order chi connectivity index (χ0) is 15.4. The van der Waals surface area contributed by atoms with Crippen molar-refractivity contribution in [2.45, 2.75) is 6.92 Å². The van der Waals surface area contributed by atoms with E-state index in [1.807, 2.05) is 25.1 Å². The number of nitrogens with zero attached hydrogens (tertiary/aromatic N) is 3. The summed E-state index contributed by atoms with van der Waals surface area (Å²) in [5.74, 6) is 0. The predicted molar refractivity (Wildman–Crippen MR) is 78.2 cm³/mol. The normalized spacial score (nSPS) is 10.7. The quantitative estimate of drug-likeness (QED) is 0.487. The molecule has 0 bridgehead atoms. The molecule has 7 heteroatoms. The maximum atomic E-state index is 11.0. The number of hydrogen-bond acceptors (Lipinski definition) is 5. The third-order valence-corrected chi connectivity index (χ3v) is 2.88. The van der Waals surface area contributed by atoms with Crippen molar-refractivity contribution in [2.24, 2.45) is 4.99 Å². The Balaban J connectivity index is 2.42. The smallest absolute Gasteiger partial charge is 0.258 e. The number of para-hydroxylation sites is 1. The fourth-order valence-corrected chi connectivity index (χ4v) is 1.76. The molecule has 0 spiro atoms. The first-order valence-electron chi connectivity index (χ1n) is 6.01. The van der Waals surface area contributed by atoms with Crippen LogP contribution >= 0.6 is 0 Å². The summed E-state index contributed by atoms with van der Waals surface area (Å²) in [5.41, 5.74) is 1.16. The Morgan fingerprint density at radius 1 is 1.05 bits per heavy atom. The number of nitro groups is 2. The molecule has 0 saturated heterocycles. The van der Waals surface area contributed by atoms with Crippen molar-refractivity contribution in [3.05, 3.63) is 73.8 Å². The van der Waals surface area contributed by atoms with Crippen LogP contribution in [-0.4, -0.2) is 16.1 Å². The molecule has 0 heterocycles. The maximum absolute atomic E-state index is 11.0. The van der Waals surface area contributed by atoms with Crippen molar-refractivity contribution in [3.63, 3.8) is 0 Å². The van der Waals surface area contributed by atoms with Crippen LogP contribution in [-0.2, 0) is 0 Å². The van der Waals surface area contributed by atoms with E-state index in [-0.39, 0.29) is 16.9 Å². The summed E-state index contributed by atoms with van der Waals surface area (Å²) in [4.78, 5) is 24.5. The molecule has 0 aromatic heterocycles. The van der Waals surface area contributed by atoms with Crippen molar-refractivity contribution in [1.29, 1.82) is 0 Å². The predicted octanol–water partition coefficient (Wildman–Crippen LogP) is 3.56. The lowest BCUT2D eigenvalue weighted by atomic mass is 10.1. The minimum Gasteiger partial charge on any atom is -0.258 e. The lowest BCUT2D eigenvalue weighted by Gasteiger charge is -2.00. The summed E-state index contributed by atoms with van der Waals surface area (Å²) in [6.45, 7) is 1.87. The van der Waals surface area contributed by atoms with E-state index in [0.29, 0.717) is 5.69 Å². The molecule has 106 valence electrons. The molecule has 2 aromatic rings. The van der Waals surface area contributed by atoms with Gasteiger partial charge in [-0.3, -0.25) is 25.2 Å². The summed E-state index contributed by atoms with van der Waals surface area (Å²) in [6.07, 6.45) is 1.34. The highest BCUT2D eigenvalue weighted by Crippen LogP contribution is 2.24. The van der Waals surface area contributed by atoms with Crippen LogP contribution < -0.4 is 0 Å². The average molecular weight is 285 g/mol. The highest BCUT2D eigenvalue weighted by atomic mass is 16.6. The fraction of sp³-hybridized carbons (Fsp3) is 0.0714. The van der Waals surface area contributed by atoms with E-state index in [0.717, 1.165) is 11.6 Å². The van der Waals surface area contributed by atoms with Gasteiger partial charge in [0.25, 0.3) is 11.4 Å². The first-order chi connectivity index (χ1) is 9.99. The second-order valence-electron chi connectivity index (χ2n) is 4.30. The Labute approximate surface area is 119 Å². The Kier molecular flexibility index (Phi) is 4.03. The number of aryl methyl sites for hydroxylation is 1. The molecular weight excluding hydrogens is 274 g/mol. The molecule has 0 N–H and O–H groups in total. The molecule has 0 saturated carbocycles. The van der Waals surface area contributed by atoms with E-state index >= 15 is 0 Å². The number of aliphatic imine (C=N–C) groups is 1. The van der Waals surface area contributed by atoms with Crippen LogP contribution in [0.3, 0.4) is 0 Å². The van der Waals surface area contributed by atoms with Crippen molar-refractivity contribution in [1.82, 2.24) is 0 Å². The number of non-ortho nitro benzene ring substituents is 1. The third kappa shape index (κ3) is 3.27. The van der Waals surface area contributed by atoms with Crippen molar-refractivity contribution < 1.29 is 9.85 Å². The summed E-state index contributed by atoms with van der Waals surface area (Å²) in [6, 6.07) is 10.8. The van der Waals surface area contributed by atoms with Gasteiger partial charge in [0.05, 0.1) is 27.2 Å². The van der Waals surface area contributed by atoms with Gasteiger partial charge in [-0.1, -0.05) is 18.2 Å². The molecule has 2 aromatic carbocycles. The molecule has 21 heavy (non-hydrogen) atoms. The summed E-state index contributed by atoms with van der Waals surface area (Å²) >= 11 is 0. The lowest BCUT2D eigenvalue weighted by Crippen LogP contribution is -1.97. The molecule has 0 atom stereocenters. The van der Waals surface area contributed by atoms with E-state index < -0.39 is 9.85 Å². The Morgan fingerprint density at radius 3 is 2.38 bits per heavy atom. The van der Waals surface area contributed by atoms with E-state index in [1.54, 1.807) is 6.07 Å². The first-order valence-corrected chi connectivity index (χ1v) is 6.01. The van der Waals surface area contributed by atoms with Crippen molar-refractivity contribution in [2.75, 3.05) is 0 Å². The topological polar surface area (TPSA) is 98.6 Å². The van der Waals surface area contributed by atoms with Gasteiger partial charge in [-0.05, 0) is 24.6 Å². The minimum atomic E-state index is -0.671. The molecule has 0 aliphatic carbocycles. The van der Waals surface area contributed by atoms with E-state index in [2.05, 4.69) is 4.99 Å². The van der Waals surface area contributed by atoms with Gasteiger partial charge in [0, 0.05) is 12.3 Å². The Bertz CT molecular complexity index is 741. The van der Waals surface area contributed by atoms with Crippen molar-refractivity contribution in [3.8, 4) is 0 Å². The molecule has 0 amide bonds. The summed E-state index contributed by atoms with van der Waals surface area (Å²) in [5, 5.41) is 21.7. The van der Waals surface area contributed by atoms with Crippen LogP contribution in [0.2, 0.25) is 0 Å². The van der Waals surface area contributed by atoms with Gasteiger partial charge >= 0.3 is 0 Å². The summed E-state index contributed by atoms with van der Waals surface area (Å²) in [7, 11) is 0. The number of rotatable bonds is 4. The van der Waals surface area contributed by atoms with Gasteiger partial charge in [0.2, 0.25) is 0 Å². The Morgan fingerprint density at radius 2 is 1.76 bits per heavy atom. The highest BCUT2D eigenvalue weighted by Gasteiger charge is 2.18. The number of nitro benzene ring substituents is 2. The third-order valence-electron chi connectivity index (χ3n) is 2.88. The van der Waals surface area contributed by atoms with Crippen LogP contribution in [0.25, 0.3) is 0 Å². The lowest BCUT2D eigenvalue weighted by molar-refractivity contribution is -0.394. The van der Waals surface area contributed by atoms with Crippen LogP contribution in [0.4, 0.5) is 17.1 Å². The Hall–Kier alpha value is -3.09. The largest absolute Gasteiger partial charge is 0.285 e. The standard InChI is InChI=1S/C14H11N3O4/c1-10-4-2-3-5-13(10)15-9-11-6-7-12(16(18)19)8-14(11)17(20)21/h2-9H,1H3. The zero-order valence-corrected chi connectivity index (χ0v) is 11.1. The van der Waals surface area contributed by atoms with Crippen molar-refractivity contribution >= 4 is 23.3 Å². The molecule has 0 aliphatic rings. The van der Waals surface area contributed by atoms with Gasteiger partial charge in [0.1, 0.15) is 0 Å². The van der Waals surface area contributed by atoms with Crippen LogP contribution in [0.15, 0.2) is 47.5 Å². The zero-order valence-electron chi connectivity index (χ0n) is 11.1. The summed E-state index contributed by atoms with van der Waals surface area (Å²) < 4.78 is 0. The van der Waals surface area contributed by atoms with Crippen LogP contribution in [0, 0.1) is 27.2 Å². The SMILES string of the molecule is Cc1ccccc1N=Cc1ccc([N+](=O)[O-])cc1[N+](=O)[O-]. The molecule has 0 unspecified atom stereocenters. The molecule has 2 rings (SSSR count). The second kappa shape index (κ2) is 5.91. The van der Waals surface area contributed by atoms with Gasteiger partial charge in [-0.15, -0.1) is 0 Å². The van der Waals surface area contributed by atoms with Crippen LogP contribution in [0.5, 0.6) is 0 Å².